The van der Waals surface area contributed by atoms with Crippen molar-refractivity contribution in [3.05, 3.63) is 28.3 Å². The fourth-order valence-corrected chi connectivity index (χ4v) is 1.98. The van der Waals surface area contributed by atoms with Crippen LogP contribution in [0.4, 0.5) is 3.89 Å². The van der Waals surface area contributed by atoms with Crippen molar-refractivity contribution in [1.82, 2.24) is 0 Å². The Morgan fingerprint density at radius 2 is 2.06 bits per heavy atom. The lowest BCUT2D eigenvalue weighted by atomic mass is 9.99. The van der Waals surface area contributed by atoms with Gasteiger partial charge in [0.05, 0.1) is 0 Å². The second kappa shape index (κ2) is 4.73. The van der Waals surface area contributed by atoms with Crippen LogP contribution in [0.15, 0.2) is 6.07 Å². The highest BCUT2D eigenvalue weighted by Crippen LogP contribution is 2.30. The molecule has 0 aromatic heterocycles. The molecule has 0 amide bonds. The largest absolute Gasteiger partial charge is 0.488 e. The second-order valence-corrected chi connectivity index (χ2v) is 4.44. The molecule has 4 nitrogen and oxygen atoms in total. The van der Waals surface area contributed by atoms with Gasteiger partial charge in [-0.05, 0) is 31.0 Å². The van der Waals surface area contributed by atoms with Gasteiger partial charge in [0, 0.05) is 17.7 Å². The molecule has 0 aliphatic heterocycles. The quantitative estimate of drug-likeness (QED) is 0.655. The summed E-state index contributed by atoms with van der Waals surface area (Å²) in [7, 11) is -5.08. The SMILES string of the molecule is C#Cc1cc(CN)c(C)c(OS(=O)(=O)F)c1C. The molecule has 0 heterocycles. The Labute approximate surface area is 100 Å². The summed E-state index contributed by atoms with van der Waals surface area (Å²) in [6.07, 6.45) is 5.27. The van der Waals surface area contributed by atoms with Gasteiger partial charge in [0.2, 0.25) is 0 Å². The smallest absolute Gasteiger partial charge is 0.358 e. The predicted octanol–water partition coefficient (Wildman–Crippen LogP) is 1.34. The summed E-state index contributed by atoms with van der Waals surface area (Å²) in [5.74, 6) is 2.28. The molecule has 1 aromatic carbocycles. The van der Waals surface area contributed by atoms with E-state index in [1.165, 1.54) is 0 Å². The van der Waals surface area contributed by atoms with Gasteiger partial charge in [-0.3, -0.25) is 0 Å². The molecule has 17 heavy (non-hydrogen) atoms. The molecule has 0 spiro atoms. The summed E-state index contributed by atoms with van der Waals surface area (Å²) in [6, 6.07) is 1.66. The molecule has 0 fully saturated rings. The molecule has 0 radical (unpaired) electrons. The highest BCUT2D eigenvalue weighted by molar-refractivity contribution is 7.81. The van der Waals surface area contributed by atoms with Crippen LogP contribution in [0.5, 0.6) is 5.75 Å². The van der Waals surface area contributed by atoms with E-state index in [4.69, 9.17) is 12.2 Å². The monoisotopic (exact) mass is 257 g/mol. The first-order chi connectivity index (χ1) is 7.80. The van der Waals surface area contributed by atoms with Crippen molar-refractivity contribution in [1.29, 1.82) is 0 Å². The molecule has 1 rings (SSSR count). The minimum atomic E-state index is -5.08. The summed E-state index contributed by atoms with van der Waals surface area (Å²) in [5.41, 5.74) is 7.38. The average Bonchev–Trinajstić information content (AvgIpc) is 2.23. The van der Waals surface area contributed by atoms with Crippen LogP contribution in [0.1, 0.15) is 22.3 Å². The summed E-state index contributed by atoms with van der Waals surface area (Å²) in [4.78, 5) is 0. The van der Waals surface area contributed by atoms with E-state index >= 15 is 0 Å². The van der Waals surface area contributed by atoms with Crippen LogP contribution in [-0.2, 0) is 17.0 Å². The lowest BCUT2D eigenvalue weighted by molar-refractivity contribution is 0.436. The van der Waals surface area contributed by atoms with E-state index in [-0.39, 0.29) is 12.3 Å². The first-order valence-electron chi connectivity index (χ1n) is 4.74. The van der Waals surface area contributed by atoms with Gasteiger partial charge in [-0.1, -0.05) is 9.81 Å². The van der Waals surface area contributed by atoms with E-state index in [0.717, 1.165) is 0 Å². The van der Waals surface area contributed by atoms with Crippen molar-refractivity contribution in [2.24, 2.45) is 5.73 Å². The van der Waals surface area contributed by atoms with Gasteiger partial charge in [0.1, 0.15) is 0 Å². The number of rotatable bonds is 3. The lowest BCUT2D eigenvalue weighted by Crippen LogP contribution is -2.08. The van der Waals surface area contributed by atoms with E-state index < -0.39 is 10.5 Å². The van der Waals surface area contributed by atoms with E-state index in [9.17, 15) is 12.3 Å². The molecule has 92 valence electrons. The Hall–Kier alpha value is -1.58. The van der Waals surface area contributed by atoms with Crippen LogP contribution in [0.3, 0.4) is 0 Å². The van der Waals surface area contributed by atoms with Gasteiger partial charge >= 0.3 is 10.5 Å². The predicted molar refractivity (Wildman–Crippen MR) is 62.4 cm³/mol. The zero-order chi connectivity index (χ0) is 13.2. The van der Waals surface area contributed by atoms with Crippen LogP contribution >= 0.6 is 0 Å². The molecular weight excluding hydrogens is 245 g/mol. The Morgan fingerprint density at radius 3 is 2.47 bits per heavy atom. The zero-order valence-corrected chi connectivity index (χ0v) is 10.3. The third-order valence-corrected chi connectivity index (χ3v) is 2.81. The summed E-state index contributed by atoms with van der Waals surface area (Å²) in [6.45, 7) is 3.31. The van der Waals surface area contributed by atoms with Gasteiger partial charge in [-0.25, -0.2) is 0 Å². The number of halogens is 1. The standard InChI is InChI=1S/C11H12FNO3S/c1-4-9-5-10(6-13)8(3)11(7(9)2)16-17(12,14)15/h1,5H,6,13H2,2-3H3. The topological polar surface area (TPSA) is 69.4 Å². The number of hydrogen-bond donors (Lipinski definition) is 1. The molecule has 2 N–H and O–H groups in total. The molecule has 1 aromatic rings. The number of nitrogens with two attached hydrogens (primary N) is 1. The summed E-state index contributed by atoms with van der Waals surface area (Å²) in [5, 5.41) is 0. The number of terminal acetylenes is 1. The van der Waals surface area contributed by atoms with Gasteiger partial charge in [0.25, 0.3) is 0 Å². The van der Waals surface area contributed by atoms with Crippen molar-refractivity contribution < 1.29 is 16.5 Å². The highest BCUT2D eigenvalue weighted by Gasteiger charge is 2.18. The van der Waals surface area contributed by atoms with Crippen LogP contribution in [0, 0.1) is 26.2 Å². The Kier molecular flexibility index (Phi) is 3.76. The molecule has 0 unspecified atom stereocenters. The van der Waals surface area contributed by atoms with E-state index in [2.05, 4.69) is 10.1 Å². The Balaban J connectivity index is 3.52. The maximum absolute atomic E-state index is 12.6. The molecule has 6 heteroatoms. The molecule has 0 atom stereocenters. The normalized spacial score (nSPS) is 11.0. The van der Waals surface area contributed by atoms with Gasteiger partial charge < -0.3 is 9.92 Å². The average molecular weight is 257 g/mol. The zero-order valence-electron chi connectivity index (χ0n) is 9.45. The third kappa shape index (κ3) is 2.96. The second-order valence-electron chi connectivity index (χ2n) is 3.49. The molecule has 0 saturated carbocycles. The number of benzene rings is 1. The molecule has 0 aliphatic carbocycles. The van der Waals surface area contributed by atoms with Crippen molar-refractivity contribution in [3.63, 3.8) is 0 Å². The van der Waals surface area contributed by atoms with Crippen LogP contribution in [0.2, 0.25) is 0 Å². The van der Waals surface area contributed by atoms with Crippen molar-refractivity contribution in [2.75, 3.05) is 0 Å². The Bertz CT molecular complexity index is 588. The van der Waals surface area contributed by atoms with Crippen LogP contribution in [-0.4, -0.2) is 8.42 Å². The summed E-state index contributed by atoms with van der Waals surface area (Å²) < 4.78 is 37.9. The fourth-order valence-electron chi connectivity index (χ4n) is 1.53. The van der Waals surface area contributed by atoms with Crippen molar-refractivity contribution >= 4 is 10.5 Å². The molecule has 0 saturated heterocycles. The lowest BCUT2D eigenvalue weighted by Gasteiger charge is -2.13. The van der Waals surface area contributed by atoms with Crippen molar-refractivity contribution in [2.45, 2.75) is 20.4 Å². The number of hydrogen-bond acceptors (Lipinski definition) is 4. The van der Waals surface area contributed by atoms with Crippen LogP contribution < -0.4 is 9.92 Å². The van der Waals surface area contributed by atoms with Crippen LogP contribution in [0.25, 0.3) is 0 Å². The fraction of sp³-hybridized carbons (Fsp3) is 0.273. The van der Waals surface area contributed by atoms with Crippen molar-refractivity contribution in [3.8, 4) is 18.1 Å². The summed E-state index contributed by atoms with van der Waals surface area (Å²) >= 11 is 0. The minimum Gasteiger partial charge on any atom is -0.358 e. The van der Waals surface area contributed by atoms with Gasteiger partial charge in [-0.15, -0.1) is 6.42 Å². The van der Waals surface area contributed by atoms with E-state index in [1.807, 2.05) is 0 Å². The van der Waals surface area contributed by atoms with E-state index in [1.54, 1.807) is 19.9 Å². The van der Waals surface area contributed by atoms with Gasteiger partial charge in [-0.2, -0.15) is 8.42 Å². The third-order valence-electron chi connectivity index (χ3n) is 2.44. The molecule has 0 aliphatic rings. The van der Waals surface area contributed by atoms with Gasteiger partial charge in [0.15, 0.2) is 5.75 Å². The maximum Gasteiger partial charge on any atom is 0.488 e. The minimum absolute atomic E-state index is 0.0941. The van der Waals surface area contributed by atoms with E-state index in [0.29, 0.717) is 22.3 Å². The molecule has 0 bridgehead atoms. The first kappa shape index (κ1) is 13.5. The first-order valence-corrected chi connectivity index (χ1v) is 6.04. The highest BCUT2D eigenvalue weighted by atomic mass is 32.3. The maximum atomic E-state index is 12.6. The molecular formula is C11H12FNO3S. The Morgan fingerprint density at radius 1 is 1.47 bits per heavy atom.